The van der Waals surface area contributed by atoms with Gasteiger partial charge in [0.1, 0.15) is 0 Å². The molecule has 5 heteroatoms. The number of oxime groups is 1. The van der Waals surface area contributed by atoms with Gasteiger partial charge in [-0.3, -0.25) is 0 Å². The number of hydrogen-bond acceptors (Lipinski definition) is 3. The van der Waals surface area contributed by atoms with Gasteiger partial charge in [0, 0.05) is 29.3 Å². The highest BCUT2D eigenvalue weighted by molar-refractivity contribution is 9.10. The number of anilines is 1. The lowest BCUT2D eigenvalue weighted by molar-refractivity contribution is 0.318. The molecule has 19 heavy (non-hydrogen) atoms. The first kappa shape index (κ1) is 14.2. The molecule has 0 spiro atoms. The van der Waals surface area contributed by atoms with Gasteiger partial charge in [-0.2, -0.15) is 0 Å². The second-order valence-electron chi connectivity index (χ2n) is 5.18. The molecule has 0 unspecified atom stereocenters. The number of nitrogens with two attached hydrogens (primary N) is 1. The smallest absolute Gasteiger partial charge is 0.172 e. The van der Waals surface area contributed by atoms with Gasteiger partial charge >= 0.3 is 0 Å². The first-order chi connectivity index (χ1) is 9.11. The van der Waals surface area contributed by atoms with Crippen molar-refractivity contribution in [3.63, 3.8) is 0 Å². The van der Waals surface area contributed by atoms with Crippen LogP contribution in [0.15, 0.2) is 27.8 Å². The van der Waals surface area contributed by atoms with Gasteiger partial charge in [-0.25, -0.2) is 0 Å². The molecule has 3 N–H and O–H groups in total. The zero-order valence-corrected chi connectivity index (χ0v) is 12.7. The van der Waals surface area contributed by atoms with Crippen LogP contribution < -0.4 is 10.6 Å². The standard InChI is InChI=1S/C14H20BrN3O/c1-18(9-10-4-2-3-5-10)13-7-6-11(15)8-12(13)14(16)17-19/h6-8,10,19H,2-5,9H2,1H3,(H2,16,17). The van der Waals surface area contributed by atoms with E-state index >= 15 is 0 Å². The lowest BCUT2D eigenvalue weighted by Crippen LogP contribution is -2.27. The third-order valence-electron chi connectivity index (χ3n) is 3.76. The maximum atomic E-state index is 8.90. The van der Waals surface area contributed by atoms with Crippen LogP contribution in [0, 0.1) is 5.92 Å². The van der Waals surface area contributed by atoms with Crippen LogP contribution in [0.1, 0.15) is 31.2 Å². The molecule has 2 rings (SSSR count). The third-order valence-corrected chi connectivity index (χ3v) is 4.25. The van der Waals surface area contributed by atoms with Gasteiger partial charge in [-0.1, -0.05) is 33.9 Å². The van der Waals surface area contributed by atoms with E-state index in [1.54, 1.807) is 0 Å². The second-order valence-corrected chi connectivity index (χ2v) is 6.09. The molecule has 0 aliphatic heterocycles. The van der Waals surface area contributed by atoms with E-state index in [1.807, 2.05) is 18.2 Å². The molecule has 0 amide bonds. The Hall–Kier alpha value is -1.23. The lowest BCUT2D eigenvalue weighted by atomic mass is 10.1. The summed E-state index contributed by atoms with van der Waals surface area (Å²) in [6.07, 6.45) is 5.29. The Bertz CT molecular complexity index is 470. The van der Waals surface area contributed by atoms with Gasteiger partial charge in [0.05, 0.1) is 0 Å². The van der Waals surface area contributed by atoms with Crippen LogP contribution in [0.4, 0.5) is 5.69 Å². The Balaban J connectivity index is 2.22. The van der Waals surface area contributed by atoms with E-state index in [9.17, 15) is 0 Å². The van der Waals surface area contributed by atoms with Crippen molar-refractivity contribution in [1.29, 1.82) is 0 Å². The SMILES string of the molecule is CN(CC1CCCC1)c1ccc(Br)cc1/C(N)=N/O. The molecule has 4 nitrogen and oxygen atoms in total. The molecule has 0 bridgehead atoms. The molecule has 1 fully saturated rings. The van der Waals surface area contributed by atoms with Crippen molar-refractivity contribution in [1.82, 2.24) is 0 Å². The van der Waals surface area contributed by atoms with Crippen LogP contribution in [-0.4, -0.2) is 24.6 Å². The average Bonchev–Trinajstić information content (AvgIpc) is 2.90. The Morgan fingerprint density at radius 1 is 1.47 bits per heavy atom. The zero-order valence-electron chi connectivity index (χ0n) is 11.1. The molecule has 0 aromatic heterocycles. The maximum absolute atomic E-state index is 8.90. The topological polar surface area (TPSA) is 61.8 Å². The van der Waals surface area contributed by atoms with E-state index < -0.39 is 0 Å². The molecular formula is C14H20BrN3O. The fourth-order valence-corrected chi connectivity index (χ4v) is 3.14. The van der Waals surface area contributed by atoms with Crippen molar-refractivity contribution >= 4 is 27.5 Å². The van der Waals surface area contributed by atoms with E-state index in [1.165, 1.54) is 25.7 Å². The summed E-state index contributed by atoms with van der Waals surface area (Å²) in [5, 5.41) is 12.0. The number of hydrogen-bond donors (Lipinski definition) is 2. The molecule has 1 aromatic carbocycles. The largest absolute Gasteiger partial charge is 0.409 e. The minimum absolute atomic E-state index is 0.148. The van der Waals surface area contributed by atoms with Crippen LogP contribution >= 0.6 is 15.9 Å². The molecule has 0 radical (unpaired) electrons. The monoisotopic (exact) mass is 325 g/mol. The van der Waals surface area contributed by atoms with Crippen molar-refractivity contribution in [3.05, 3.63) is 28.2 Å². The van der Waals surface area contributed by atoms with Crippen LogP contribution in [0.2, 0.25) is 0 Å². The molecule has 0 heterocycles. The Morgan fingerprint density at radius 3 is 2.79 bits per heavy atom. The highest BCUT2D eigenvalue weighted by Crippen LogP contribution is 2.29. The summed E-state index contributed by atoms with van der Waals surface area (Å²) in [4.78, 5) is 2.20. The zero-order chi connectivity index (χ0) is 13.8. The van der Waals surface area contributed by atoms with Gasteiger partial charge in [0.15, 0.2) is 5.84 Å². The predicted octanol–water partition coefficient (Wildman–Crippen LogP) is 3.17. The first-order valence-corrected chi connectivity index (χ1v) is 7.39. The molecule has 1 aliphatic rings. The van der Waals surface area contributed by atoms with Crippen LogP contribution in [-0.2, 0) is 0 Å². The fraction of sp³-hybridized carbons (Fsp3) is 0.500. The molecule has 0 atom stereocenters. The number of amidine groups is 1. The van der Waals surface area contributed by atoms with Crippen molar-refractivity contribution in [3.8, 4) is 0 Å². The summed E-state index contributed by atoms with van der Waals surface area (Å²) in [6.45, 7) is 1.02. The molecular weight excluding hydrogens is 306 g/mol. The minimum Gasteiger partial charge on any atom is -0.409 e. The van der Waals surface area contributed by atoms with E-state index in [0.717, 1.165) is 28.2 Å². The predicted molar refractivity (Wildman–Crippen MR) is 81.9 cm³/mol. The number of benzene rings is 1. The summed E-state index contributed by atoms with van der Waals surface area (Å²) in [6, 6.07) is 5.87. The quantitative estimate of drug-likeness (QED) is 0.387. The van der Waals surface area contributed by atoms with E-state index in [4.69, 9.17) is 10.9 Å². The second kappa shape index (κ2) is 6.28. The first-order valence-electron chi connectivity index (χ1n) is 6.60. The number of halogens is 1. The normalized spacial score (nSPS) is 16.8. The summed E-state index contributed by atoms with van der Waals surface area (Å²) >= 11 is 3.42. The van der Waals surface area contributed by atoms with Crippen molar-refractivity contribution in [2.75, 3.05) is 18.5 Å². The Labute approximate surface area is 122 Å². The number of rotatable bonds is 4. The Kier molecular flexibility index (Phi) is 4.69. The molecule has 104 valence electrons. The average molecular weight is 326 g/mol. The summed E-state index contributed by atoms with van der Waals surface area (Å²) in [7, 11) is 2.07. The van der Waals surface area contributed by atoms with Crippen LogP contribution in [0.25, 0.3) is 0 Å². The minimum atomic E-state index is 0.148. The van der Waals surface area contributed by atoms with E-state index in [0.29, 0.717) is 0 Å². The highest BCUT2D eigenvalue weighted by Gasteiger charge is 2.19. The summed E-state index contributed by atoms with van der Waals surface area (Å²) < 4.78 is 0.923. The van der Waals surface area contributed by atoms with E-state index in [2.05, 4.69) is 33.0 Å². The van der Waals surface area contributed by atoms with Crippen molar-refractivity contribution in [2.45, 2.75) is 25.7 Å². The van der Waals surface area contributed by atoms with Crippen molar-refractivity contribution < 1.29 is 5.21 Å². The summed E-state index contributed by atoms with van der Waals surface area (Å²) in [5.74, 6) is 0.906. The van der Waals surface area contributed by atoms with Gasteiger partial charge < -0.3 is 15.8 Å². The van der Waals surface area contributed by atoms with Gasteiger partial charge in [-0.15, -0.1) is 0 Å². The summed E-state index contributed by atoms with van der Waals surface area (Å²) in [5.41, 5.74) is 7.53. The lowest BCUT2D eigenvalue weighted by Gasteiger charge is -2.25. The molecule has 0 saturated heterocycles. The molecule has 1 aromatic rings. The highest BCUT2D eigenvalue weighted by atomic mass is 79.9. The molecule has 1 aliphatic carbocycles. The van der Waals surface area contributed by atoms with E-state index in [-0.39, 0.29) is 5.84 Å². The van der Waals surface area contributed by atoms with Crippen LogP contribution in [0.5, 0.6) is 0 Å². The van der Waals surface area contributed by atoms with Crippen molar-refractivity contribution in [2.24, 2.45) is 16.8 Å². The van der Waals surface area contributed by atoms with Gasteiger partial charge in [0.25, 0.3) is 0 Å². The van der Waals surface area contributed by atoms with Crippen LogP contribution in [0.3, 0.4) is 0 Å². The Morgan fingerprint density at radius 2 is 2.16 bits per heavy atom. The fourth-order valence-electron chi connectivity index (χ4n) is 2.78. The molecule has 1 saturated carbocycles. The third kappa shape index (κ3) is 3.41. The maximum Gasteiger partial charge on any atom is 0.172 e. The van der Waals surface area contributed by atoms with Gasteiger partial charge in [-0.05, 0) is 37.0 Å². The van der Waals surface area contributed by atoms with Gasteiger partial charge in [0.2, 0.25) is 0 Å². The number of nitrogens with zero attached hydrogens (tertiary/aromatic N) is 2.